The van der Waals surface area contributed by atoms with Gasteiger partial charge < -0.3 is 5.73 Å². The molecule has 1 rings (SSSR count). The van der Waals surface area contributed by atoms with Crippen molar-refractivity contribution in [3.05, 3.63) is 77.4 Å². The van der Waals surface area contributed by atoms with Crippen LogP contribution in [0.3, 0.4) is 0 Å². The molecule has 0 aromatic heterocycles. The minimum atomic E-state index is -0.849. The van der Waals surface area contributed by atoms with Gasteiger partial charge in [0.15, 0.2) is 0 Å². The molecule has 0 aliphatic rings. The first-order valence-corrected chi connectivity index (χ1v) is 8.27. The second-order valence-corrected chi connectivity index (χ2v) is 5.80. The van der Waals surface area contributed by atoms with Crippen LogP contribution in [0.25, 0.3) is 5.57 Å². The van der Waals surface area contributed by atoms with Gasteiger partial charge >= 0.3 is 0 Å². The molecule has 0 radical (unpaired) electrons. The van der Waals surface area contributed by atoms with Gasteiger partial charge in [0.05, 0.1) is 5.56 Å². The molecular formula is C21H25F2NO. The molecule has 2 nitrogen and oxygen atoms in total. The number of allylic oxidation sites excluding steroid dienone is 6. The van der Waals surface area contributed by atoms with Crippen molar-refractivity contribution in [3.63, 3.8) is 0 Å². The van der Waals surface area contributed by atoms with Crippen molar-refractivity contribution in [2.75, 3.05) is 0 Å². The predicted octanol–water partition coefficient (Wildman–Crippen LogP) is 5.83. The molecule has 1 amide bonds. The number of carbonyl (C=O) groups is 1. The Hall–Kier alpha value is -2.49. The predicted molar refractivity (Wildman–Crippen MR) is 100 cm³/mol. The Bertz CT molecular complexity index is 745. The third-order valence-corrected chi connectivity index (χ3v) is 4.15. The SMILES string of the molecule is C=CC(=C)c1cc(C(N)=O)c(F)cc1C(C)C(=CC(F)=CCC)CC. The number of nitrogens with two attached hydrogens (primary N) is 1. The zero-order valence-electron chi connectivity index (χ0n) is 15.0. The van der Waals surface area contributed by atoms with Gasteiger partial charge in [0.2, 0.25) is 0 Å². The van der Waals surface area contributed by atoms with E-state index in [-0.39, 0.29) is 17.3 Å². The summed E-state index contributed by atoms with van der Waals surface area (Å²) in [6.07, 6.45) is 5.69. The molecule has 4 heteroatoms. The molecule has 134 valence electrons. The van der Waals surface area contributed by atoms with Crippen molar-refractivity contribution in [1.29, 1.82) is 0 Å². The smallest absolute Gasteiger partial charge is 0.251 e. The maximum Gasteiger partial charge on any atom is 0.251 e. The average Bonchev–Trinajstić information content (AvgIpc) is 2.58. The summed E-state index contributed by atoms with van der Waals surface area (Å²) in [5.74, 6) is -2.12. The lowest BCUT2D eigenvalue weighted by atomic mass is 9.84. The lowest BCUT2D eigenvalue weighted by Crippen LogP contribution is -2.15. The van der Waals surface area contributed by atoms with Gasteiger partial charge in [-0.2, -0.15) is 0 Å². The van der Waals surface area contributed by atoms with E-state index in [2.05, 4.69) is 13.2 Å². The van der Waals surface area contributed by atoms with E-state index >= 15 is 0 Å². The Labute approximate surface area is 148 Å². The van der Waals surface area contributed by atoms with Crippen molar-refractivity contribution >= 4 is 11.5 Å². The van der Waals surface area contributed by atoms with Crippen molar-refractivity contribution in [1.82, 2.24) is 0 Å². The van der Waals surface area contributed by atoms with Crippen LogP contribution < -0.4 is 5.73 Å². The van der Waals surface area contributed by atoms with Crippen LogP contribution in [0.5, 0.6) is 0 Å². The zero-order chi connectivity index (χ0) is 19.1. The first-order valence-electron chi connectivity index (χ1n) is 8.27. The fourth-order valence-electron chi connectivity index (χ4n) is 2.69. The topological polar surface area (TPSA) is 43.1 Å². The first kappa shape index (κ1) is 20.6. The van der Waals surface area contributed by atoms with Gasteiger partial charge in [0, 0.05) is 5.92 Å². The van der Waals surface area contributed by atoms with E-state index in [0.29, 0.717) is 29.5 Å². The second-order valence-electron chi connectivity index (χ2n) is 5.80. The Morgan fingerprint density at radius 2 is 1.96 bits per heavy atom. The Morgan fingerprint density at radius 3 is 2.44 bits per heavy atom. The molecule has 0 heterocycles. The summed E-state index contributed by atoms with van der Waals surface area (Å²) in [6.45, 7) is 13.2. The summed E-state index contributed by atoms with van der Waals surface area (Å²) in [6, 6.07) is 2.67. The molecule has 0 aliphatic heterocycles. The summed E-state index contributed by atoms with van der Waals surface area (Å²) in [4.78, 5) is 11.4. The van der Waals surface area contributed by atoms with Gasteiger partial charge in [-0.3, -0.25) is 4.79 Å². The maximum absolute atomic E-state index is 14.3. The molecule has 1 atom stereocenters. The van der Waals surface area contributed by atoms with Crippen LogP contribution in [0.15, 0.2) is 54.9 Å². The van der Waals surface area contributed by atoms with Crippen molar-refractivity contribution < 1.29 is 13.6 Å². The van der Waals surface area contributed by atoms with Crippen LogP contribution in [0.4, 0.5) is 8.78 Å². The van der Waals surface area contributed by atoms with Crippen LogP contribution in [0.2, 0.25) is 0 Å². The molecular weight excluding hydrogens is 320 g/mol. The molecule has 25 heavy (non-hydrogen) atoms. The van der Waals surface area contributed by atoms with Gasteiger partial charge in [0.25, 0.3) is 5.91 Å². The van der Waals surface area contributed by atoms with E-state index < -0.39 is 11.7 Å². The largest absolute Gasteiger partial charge is 0.366 e. The number of primary amides is 1. The van der Waals surface area contributed by atoms with Crippen LogP contribution in [0, 0.1) is 5.82 Å². The van der Waals surface area contributed by atoms with E-state index in [1.165, 1.54) is 30.4 Å². The highest BCUT2D eigenvalue weighted by atomic mass is 19.1. The van der Waals surface area contributed by atoms with Crippen molar-refractivity contribution in [2.45, 2.75) is 39.5 Å². The molecule has 2 N–H and O–H groups in total. The highest BCUT2D eigenvalue weighted by Crippen LogP contribution is 2.34. The van der Waals surface area contributed by atoms with Gasteiger partial charge in [-0.25, -0.2) is 8.78 Å². The number of rotatable bonds is 8. The minimum absolute atomic E-state index is 0.201. The molecule has 0 bridgehead atoms. The van der Waals surface area contributed by atoms with Gasteiger partial charge in [-0.15, -0.1) is 0 Å². The minimum Gasteiger partial charge on any atom is -0.366 e. The highest BCUT2D eigenvalue weighted by Gasteiger charge is 2.20. The van der Waals surface area contributed by atoms with E-state index in [0.717, 1.165) is 5.57 Å². The van der Waals surface area contributed by atoms with E-state index in [9.17, 15) is 13.6 Å². The molecule has 0 saturated heterocycles. The first-order chi connectivity index (χ1) is 11.8. The van der Waals surface area contributed by atoms with Crippen molar-refractivity contribution in [2.24, 2.45) is 5.73 Å². The number of amides is 1. The molecule has 1 unspecified atom stereocenters. The monoisotopic (exact) mass is 345 g/mol. The standard InChI is InChI=1S/C21H25F2NO/c1-6-9-16(22)10-15(8-3)14(5)18-12-20(23)19(21(24)25)11-17(18)13(4)7-2/h7,9-12,14H,2,4,6,8H2,1,3,5H3,(H2,24,25). The third-order valence-electron chi connectivity index (χ3n) is 4.15. The normalized spacial score (nSPS) is 13.5. The van der Waals surface area contributed by atoms with Crippen LogP contribution in [-0.2, 0) is 0 Å². The van der Waals surface area contributed by atoms with E-state index in [1.54, 1.807) is 0 Å². The van der Waals surface area contributed by atoms with Crippen LogP contribution >= 0.6 is 0 Å². The van der Waals surface area contributed by atoms with Crippen molar-refractivity contribution in [3.8, 4) is 0 Å². The highest BCUT2D eigenvalue weighted by molar-refractivity contribution is 5.94. The van der Waals surface area contributed by atoms with Crippen LogP contribution in [0.1, 0.15) is 61.0 Å². The van der Waals surface area contributed by atoms with E-state index in [4.69, 9.17) is 5.73 Å². The molecule has 0 fully saturated rings. The molecule has 0 aliphatic carbocycles. The molecule has 1 aromatic carbocycles. The fraction of sp³-hybridized carbons (Fsp3) is 0.286. The summed E-state index contributed by atoms with van der Waals surface area (Å²) in [5, 5.41) is 0. The fourth-order valence-corrected chi connectivity index (χ4v) is 2.69. The van der Waals surface area contributed by atoms with Gasteiger partial charge in [-0.05, 0) is 53.8 Å². The lowest BCUT2D eigenvalue weighted by molar-refractivity contribution is 0.0996. The Balaban J connectivity index is 3.55. The number of benzene rings is 1. The number of carbonyl (C=O) groups excluding carboxylic acids is 1. The van der Waals surface area contributed by atoms with Gasteiger partial charge in [0.1, 0.15) is 11.6 Å². The zero-order valence-corrected chi connectivity index (χ0v) is 15.0. The Morgan fingerprint density at radius 1 is 1.32 bits per heavy atom. The lowest BCUT2D eigenvalue weighted by Gasteiger charge is -2.20. The molecule has 1 aromatic rings. The number of hydrogen-bond acceptors (Lipinski definition) is 1. The summed E-state index contributed by atoms with van der Waals surface area (Å²) < 4.78 is 28.2. The second kappa shape index (κ2) is 9.11. The van der Waals surface area contributed by atoms with E-state index in [1.807, 2.05) is 20.8 Å². The average molecular weight is 345 g/mol. The maximum atomic E-state index is 14.3. The van der Waals surface area contributed by atoms with Gasteiger partial charge in [-0.1, -0.05) is 45.6 Å². The molecule has 0 spiro atoms. The Kier molecular flexibility index (Phi) is 7.49. The number of halogens is 2. The summed E-state index contributed by atoms with van der Waals surface area (Å²) in [7, 11) is 0. The third kappa shape index (κ3) is 4.99. The van der Waals surface area contributed by atoms with Crippen LogP contribution in [-0.4, -0.2) is 5.91 Å². The quantitative estimate of drug-likeness (QED) is 0.592. The number of hydrogen-bond donors (Lipinski definition) is 1. The molecule has 0 saturated carbocycles. The summed E-state index contributed by atoms with van der Waals surface area (Å²) >= 11 is 0. The summed E-state index contributed by atoms with van der Waals surface area (Å²) in [5.41, 5.74) is 7.59.